The first-order valence-corrected chi connectivity index (χ1v) is 3.25. The van der Waals surface area contributed by atoms with Crippen LogP contribution in [0, 0.1) is 18.3 Å². The van der Waals surface area contributed by atoms with Crippen molar-refractivity contribution in [3.8, 4) is 0 Å². The Kier molecular flexibility index (Phi) is 2.52. The van der Waals surface area contributed by atoms with Gasteiger partial charge in [0.1, 0.15) is 0 Å². The monoisotopic (exact) mass is 113 g/mol. The van der Waals surface area contributed by atoms with Gasteiger partial charge in [-0.2, -0.15) is 0 Å². The molecule has 1 atom stereocenters. The van der Waals surface area contributed by atoms with Gasteiger partial charge in [-0.3, -0.25) is 0 Å². The van der Waals surface area contributed by atoms with Crippen LogP contribution in [0.1, 0.15) is 34.1 Å². The second-order valence-corrected chi connectivity index (χ2v) is 3.87. The highest BCUT2D eigenvalue weighted by atomic mass is 14.2. The molecule has 0 saturated heterocycles. The maximum absolute atomic E-state index is 3.92. The molecule has 0 aromatic rings. The van der Waals surface area contributed by atoms with E-state index in [9.17, 15) is 0 Å². The average molecular weight is 113 g/mol. The molecule has 0 heteroatoms. The van der Waals surface area contributed by atoms with Crippen LogP contribution in [0.3, 0.4) is 0 Å². The molecule has 0 spiro atoms. The summed E-state index contributed by atoms with van der Waals surface area (Å²) in [5.41, 5.74) is 0.459. The van der Waals surface area contributed by atoms with Crippen LogP contribution in [0.2, 0.25) is 0 Å². The molecule has 0 nitrogen and oxygen atoms in total. The van der Waals surface area contributed by atoms with Gasteiger partial charge in [0.25, 0.3) is 0 Å². The summed E-state index contributed by atoms with van der Waals surface area (Å²) in [4.78, 5) is 0. The van der Waals surface area contributed by atoms with Gasteiger partial charge in [0, 0.05) is 0 Å². The van der Waals surface area contributed by atoms with Gasteiger partial charge in [0.2, 0.25) is 0 Å². The maximum atomic E-state index is 3.92. The van der Waals surface area contributed by atoms with Crippen molar-refractivity contribution >= 4 is 0 Å². The fraction of sp³-hybridized carbons (Fsp3) is 0.875. The Bertz CT molecular complexity index is 54.9. The first kappa shape index (κ1) is 8.00. The molecule has 1 radical (unpaired) electrons. The molecule has 0 aliphatic heterocycles. The molecule has 0 aliphatic carbocycles. The molecular formula is C8H17. The van der Waals surface area contributed by atoms with E-state index in [2.05, 4.69) is 34.6 Å². The number of rotatable bonds is 1. The Hall–Kier alpha value is 0. The van der Waals surface area contributed by atoms with Crippen molar-refractivity contribution in [1.29, 1.82) is 0 Å². The summed E-state index contributed by atoms with van der Waals surface area (Å²) < 4.78 is 0. The Labute approximate surface area is 53.3 Å². The van der Waals surface area contributed by atoms with Gasteiger partial charge in [-0.25, -0.2) is 0 Å². The predicted molar refractivity (Wildman–Crippen MR) is 38.6 cm³/mol. The molecule has 0 aliphatic rings. The summed E-state index contributed by atoms with van der Waals surface area (Å²) in [6.07, 6.45) is 1.22. The lowest BCUT2D eigenvalue weighted by molar-refractivity contribution is 0.335. The molecule has 0 bridgehead atoms. The van der Waals surface area contributed by atoms with Crippen LogP contribution in [0.5, 0.6) is 0 Å². The molecule has 0 fully saturated rings. The summed E-state index contributed by atoms with van der Waals surface area (Å²) in [6, 6.07) is 0. The third-order valence-electron chi connectivity index (χ3n) is 0.961. The molecule has 0 aromatic carbocycles. The van der Waals surface area contributed by atoms with Gasteiger partial charge in [0.15, 0.2) is 0 Å². The van der Waals surface area contributed by atoms with E-state index in [1.54, 1.807) is 0 Å². The zero-order chi connectivity index (χ0) is 6.78. The van der Waals surface area contributed by atoms with Crippen LogP contribution in [0.25, 0.3) is 0 Å². The minimum Gasteiger partial charge on any atom is -0.0625 e. The van der Waals surface area contributed by atoms with Crippen LogP contribution in [0.15, 0.2) is 0 Å². The van der Waals surface area contributed by atoms with E-state index >= 15 is 0 Å². The quantitative estimate of drug-likeness (QED) is 0.490. The van der Waals surface area contributed by atoms with Crippen LogP contribution >= 0.6 is 0 Å². The minimum absolute atomic E-state index is 0.459. The Morgan fingerprint density at radius 1 is 1.38 bits per heavy atom. The van der Waals surface area contributed by atoms with Crippen molar-refractivity contribution in [3.05, 3.63) is 6.92 Å². The van der Waals surface area contributed by atoms with Crippen LogP contribution in [0.4, 0.5) is 0 Å². The van der Waals surface area contributed by atoms with Crippen molar-refractivity contribution in [1.82, 2.24) is 0 Å². The zero-order valence-electron chi connectivity index (χ0n) is 6.49. The van der Waals surface area contributed by atoms with Crippen molar-refractivity contribution < 1.29 is 0 Å². The van der Waals surface area contributed by atoms with Gasteiger partial charge >= 0.3 is 0 Å². The second kappa shape index (κ2) is 2.52. The molecule has 0 N–H and O–H groups in total. The minimum atomic E-state index is 0.459. The molecular weight excluding hydrogens is 96.1 g/mol. The molecule has 0 amide bonds. The van der Waals surface area contributed by atoms with Gasteiger partial charge in [-0.1, -0.05) is 34.6 Å². The van der Waals surface area contributed by atoms with Crippen LogP contribution in [-0.4, -0.2) is 0 Å². The first-order chi connectivity index (χ1) is 3.42. The van der Waals surface area contributed by atoms with E-state index in [0.717, 1.165) is 0 Å². The van der Waals surface area contributed by atoms with Gasteiger partial charge in [-0.05, 0) is 17.8 Å². The number of hydrogen-bond donors (Lipinski definition) is 0. The molecule has 8 heavy (non-hydrogen) atoms. The first-order valence-electron chi connectivity index (χ1n) is 3.25. The van der Waals surface area contributed by atoms with Crippen molar-refractivity contribution in [2.24, 2.45) is 11.3 Å². The van der Waals surface area contributed by atoms with Crippen LogP contribution < -0.4 is 0 Å². The Morgan fingerprint density at radius 2 is 1.75 bits per heavy atom. The van der Waals surface area contributed by atoms with Crippen molar-refractivity contribution in [2.75, 3.05) is 0 Å². The lowest BCUT2D eigenvalue weighted by Gasteiger charge is -2.19. The molecule has 0 saturated carbocycles. The SMILES string of the molecule is [CH2][C@H](C)CC(C)(C)C. The van der Waals surface area contributed by atoms with Gasteiger partial charge in [-0.15, -0.1) is 0 Å². The standard InChI is InChI=1S/C8H17/c1-7(2)6-8(3,4)5/h7H,1,6H2,2-5H3/t7-/m1/s1. The normalized spacial score (nSPS) is 12.8. The summed E-state index contributed by atoms with van der Waals surface area (Å²) >= 11 is 0. The largest absolute Gasteiger partial charge is 0.0625 e. The second-order valence-electron chi connectivity index (χ2n) is 3.87. The summed E-state index contributed by atoms with van der Waals surface area (Å²) in [7, 11) is 0. The summed E-state index contributed by atoms with van der Waals surface area (Å²) in [6.45, 7) is 12.8. The molecule has 0 rings (SSSR count). The van der Waals surface area contributed by atoms with E-state index in [0.29, 0.717) is 11.3 Å². The number of hydrogen-bond acceptors (Lipinski definition) is 0. The average Bonchev–Trinajstić information content (AvgIpc) is 1.21. The van der Waals surface area contributed by atoms with Crippen molar-refractivity contribution in [3.63, 3.8) is 0 Å². The van der Waals surface area contributed by atoms with E-state index < -0.39 is 0 Å². The van der Waals surface area contributed by atoms with Crippen molar-refractivity contribution in [2.45, 2.75) is 34.1 Å². The van der Waals surface area contributed by atoms with E-state index in [-0.39, 0.29) is 0 Å². The highest BCUT2D eigenvalue weighted by molar-refractivity contribution is 4.66. The lowest BCUT2D eigenvalue weighted by atomic mass is 9.86. The lowest BCUT2D eigenvalue weighted by Crippen LogP contribution is -2.08. The Morgan fingerprint density at radius 3 is 1.75 bits per heavy atom. The fourth-order valence-electron chi connectivity index (χ4n) is 1.05. The van der Waals surface area contributed by atoms with Gasteiger partial charge in [0.05, 0.1) is 0 Å². The zero-order valence-corrected chi connectivity index (χ0v) is 6.49. The summed E-state index contributed by atoms with van der Waals surface area (Å²) in [5, 5.41) is 0. The highest BCUT2D eigenvalue weighted by Crippen LogP contribution is 2.22. The van der Waals surface area contributed by atoms with E-state index in [1.165, 1.54) is 6.42 Å². The molecule has 0 heterocycles. The Balaban J connectivity index is 3.39. The van der Waals surface area contributed by atoms with E-state index in [4.69, 9.17) is 0 Å². The van der Waals surface area contributed by atoms with E-state index in [1.807, 2.05) is 0 Å². The maximum Gasteiger partial charge on any atom is -0.0380 e. The summed E-state index contributed by atoms with van der Waals surface area (Å²) in [5.74, 6) is 0.593. The van der Waals surface area contributed by atoms with Gasteiger partial charge < -0.3 is 0 Å². The topological polar surface area (TPSA) is 0 Å². The molecule has 49 valence electrons. The smallest absolute Gasteiger partial charge is 0.0380 e. The van der Waals surface area contributed by atoms with Crippen LogP contribution in [-0.2, 0) is 0 Å². The highest BCUT2D eigenvalue weighted by Gasteiger charge is 2.11. The molecule has 0 aromatic heterocycles. The third-order valence-corrected chi connectivity index (χ3v) is 0.961. The molecule has 0 unspecified atom stereocenters. The fourth-order valence-corrected chi connectivity index (χ4v) is 1.05. The third kappa shape index (κ3) is 6.00. The predicted octanol–water partition coefficient (Wildman–Crippen LogP) is 2.89.